The molecule has 2 heterocycles. The molecule has 164 valence electrons. The molecule has 0 saturated heterocycles. The van der Waals surface area contributed by atoms with Crippen molar-refractivity contribution < 1.29 is 5.11 Å². The van der Waals surface area contributed by atoms with Gasteiger partial charge >= 0.3 is 0 Å². The minimum atomic E-state index is -0.113. The number of aromatic nitrogens is 4. The maximum absolute atomic E-state index is 10.1. The van der Waals surface area contributed by atoms with Crippen LogP contribution in [0.4, 0.5) is 0 Å². The second kappa shape index (κ2) is 8.97. The first kappa shape index (κ1) is 21.6. The van der Waals surface area contributed by atoms with Crippen LogP contribution in [0.15, 0.2) is 66.7 Å². The summed E-state index contributed by atoms with van der Waals surface area (Å²) in [5.74, 6) is 1.75. The number of hydrogen-bond donors (Lipinski definition) is 2. The van der Waals surface area contributed by atoms with Gasteiger partial charge in [0.2, 0.25) is 0 Å². The average Bonchev–Trinajstić information content (AvgIpc) is 3.43. The molecule has 5 nitrogen and oxygen atoms in total. The lowest BCUT2D eigenvalue weighted by Crippen LogP contribution is -2.07. The Labute approximate surface area is 205 Å². The highest BCUT2D eigenvalue weighted by molar-refractivity contribution is 7.80. The molecule has 0 unspecified atom stereocenters. The van der Waals surface area contributed by atoms with Gasteiger partial charge in [0.25, 0.3) is 0 Å². The summed E-state index contributed by atoms with van der Waals surface area (Å²) in [5.41, 5.74) is 6.70. The van der Waals surface area contributed by atoms with E-state index in [1.54, 1.807) is 0 Å². The predicted molar refractivity (Wildman–Crippen MR) is 141 cm³/mol. The van der Waals surface area contributed by atoms with E-state index in [1.807, 2.05) is 36.4 Å². The van der Waals surface area contributed by atoms with Gasteiger partial charge in [-0.05, 0) is 64.8 Å². The molecular weight excluding hydrogens is 469 g/mol. The van der Waals surface area contributed by atoms with Gasteiger partial charge in [-0.2, -0.15) is 0 Å². The van der Waals surface area contributed by atoms with E-state index in [-0.39, 0.29) is 5.05 Å². The standard InChI is InChI=1S/C25H20N4OS3/c1-2-21-26-20-9-5-8-19(24(30)31)22(20)29(21)14-15-10-12-16(13-11-15)17-6-3-4-7-18(17)23-27-25(32)33-28-23/h3-13H,2,14H2,1H3,(H,30,31)(H,27,28,32). The number of aliphatic hydroxyl groups excluding tert-OH is 1. The highest BCUT2D eigenvalue weighted by Gasteiger charge is 2.16. The number of para-hydroxylation sites is 1. The summed E-state index contributed by atoms with van der Waals surface area (Å²) in [6.45, 7) is 2.72. The first-order valence-electron chi connectivity index (χ1n) is 10.5. The molecule has 8 heteroatoms. The third-order valence-electron chi connectivity index (χ3n) is 5.62. The first-order valence-corrected chi connectivity index (χ1v) is 12.1. The molecule has 0 aliphatic rings. The minimum absolute atomic E-state index is 0.113. The highest BCUT2D eigenvalue weighted by Crippen LogP contribution is 2.31. The summed E-state index contributed by atoms with van der Waals surface area (Å²) < 4.78 is 5.94. The Hall–Kier alpha value is -3.20. The Bertz CT molecular complexity index is 1530. The van der Waals surface area contributed by atoms with E-state index in [9.17, 15) is 5.11 Å². The molecule has 0 saturated carbocycles. The van der Waals surface area contributed by atoms with E-state index in [4.69, 9.17) is 29.4 Å². The number of imidazole rings is 1. The molecule has 0 atom stereocenters. The number of hydrogen-bond acceptors (Lipinski definition) is 5. The summed E-state index contributed by atoms with van der Waals surface area (Å²) in [7, 11) is 0. The van der Waals surface area contributed by atoms with Crippen LogP contribution in [-0.4, -0.2) is 29.1 Å². The van der Waals surface area contributed by atoms with Crippen LogP contribution in [0.2, 0.25) is 0 Å². The van der Waals surface area contributed by atoms with Crippen molar-refractivity contribution in [1.82, 2.24) is 18.9 Å². The van der Waals surface area contributed by atoms with E-state index in [0.29, 0.717) is 16.1 Å². The molecule has 0 radical (unpaired) electrons. The maximum atomic E-state index is 10.1. The largest absolute Gasteiger partial charge is 0.498 e. The molecule has 2 aromatic heterocycles. The molecule has 0 amide bonds. The lowest BCUT2D eigenvalue weighted by Gasteiger charge is -2.12. The normalized spacial score (nSPS) is 11.2. The van der Waals surface area contributed by atoms with Crippen molar-refractivity contribution in [3.63, 3.8) is 0 Å². The number of rotatable bonds is 6. The smallest absolute Gasteiger partial charge is 0.198 e. The SMILES string of the molecule is CCc1nc2cccc(C(O)=S)c2n1Cc1ccc(-c2ccccc2-c2nc(=S)s[nH]2)cc1. The highest BCUT2D eigenvalue weighted by atomic mass is 32.2. The van der Waals surface area contributed by atoms with Crippen LogP contribution in [0.1, 0.15) is 23.9 Å². The minimum Gasteiger partial charge on any atom is -0.498 e. The van der Waals surface area contributed by atoms with Crippen molar-refractivity contribution in [2.75, 3.05) is 0 Å². The molecule has 0 spiro atoms. The molecule has 0 aliphatic heterocycles. The molecule has 0 aliphatic carbocycles. The van der Waals surface area contributed by atoms with Gasteiger partial charge in [0.05, 0.1) is 16.6 Å². The maximum Gasteiger partial charge on any atom is 0.198 e. The lowest BCUT2D eigenvalue weighted by molar-refractivity contribution is 0.571. The van der Waals surface area contributed by atoms with Crippen molar-refractivity contribution in [1.29, 1.82) is 0 Å². The van der Waals surface area contributed by atoms with Gasteiger partial charge in [0, 0.05) is 18.5 Å². The van der Waals surface area contributed by atoms with Crippen LogP contribution in [0.5, 0.6) is 0 Å². The van der Waals surface area contributed by atoms with Crippen LogP contribution in [0.25, 0.3) is 33.5 Å². The molecule has 2 N–H and O–H groups in total. The molecular formula is C25H20N4OS3. The number of benzene rings is 3. The fourth-order valence-corrected chi connectivity index (χ4v) is 4.96. The van der Waals surface area contributed by atoms with Crippen LogP contribution < -0.4 is 0 Å². The third-order valence-corrected chi connectivity index (χ3v) is 6.74. The number of aryl methyl sites for hydroxylation is 1. The number of thiocarbonyl (C=S) groups is 1. The second-order valence-corrected chi connectivity index (χ2v) is 9.45. The van der Waals surface area contributed by atoms with Crippen LogP contribution in [0, 0.1) is 3.95 Å². The molecule has 0 bridgehead atoms. The van der Waals surface area contributed by atoms with Crippen LogP contribution in [0.3, 0.4) is 0 Å². The van der Waals surface area contributed by atoms with Gasteiger partial charge in [-0.3, -0.25) is 4.37 Å². The Morgan fingerprint density at radius 1 is 1.00 bits per heavy atom. The molecule has 3 aromatic carbocycles. The van der Waals surface area contributed by atoms with E-state index in [1.165, 1.54) is 11.5 Å². The predicted octanol–water partition coefficient (Wildman–Crippen LogP) is 6.73. The fourth-order valence-electron chi connectivity index (χ4n) is 4.10. The van der Waals surface area contributed by atoms with Gasteiger partial charge in [-0.15, -0.1) is 0 Å². The molecule has 5 aromatic rings. The molecule has 0 fully saturated rings. The third kappa shape index (κ3) is 4.13. The summed E-state index contributed by atoms with van der Waals surface area (Å²) in [4.78, 5) is 9.20. The second-order valence-electron chi connectivity index (χ2n) is 7.62. The Balaban J connectivity index is 1.52. The number of nitrogens with zero attached hydrogens (tertiary/aromatic N) is 3. The lowest BCUT2D eigenvalue weighted by atomic mass is 9.98. The number of H-pyrrole nitrogens is 1. The first-order chi connectivity index (χ1) is 16.0. The van der Waals surface area contributed by atoms with Crippen molar-refractivity contribution >= 4 is 52.1 Å². The van der Waals surface area contributed by atoms with Crippen molar-refractivity contribution in [3.05, 3.63) is 87.6 Å². The molecule has 33 heavy (non-hydrogen) atoms. The topological polar surface area (TPSA) is 66.7 Å². The Kier molecular flexibility index (Phi) is 5.88. The van der Waals surface area contributed by atoms with Gasteiger partial charge in [0.15, 0.2) is 9.00 Å². The average molecular weight is 489 g/mol. The summed E-state index contributed by atoms with van der Waals surface area (Å²) >= 11 is 11.6. The zero-order chi connectivity index (χ0) is 22.9. The van der Waals surface area contributed by atoms with Crippen molar-refractivity contribution in [2.24, 2.45) is 0 Å². The monoisotopic (exact) mass is 488 g/mol. The zero-order valence-electron chi connectivity index (χ0n) is 17.8. The zero-order valence-corrected chi connectivity index (χ0v) is 20.2. The number of nitrogens with one attached hydrogen (secondary N) is 1. The number of aliphatic hydroxyl groups is 1. The summed E-state index contributed by atoms with van der Waals surface area (Å²) in [6, 6.07) is 22.3. The van der Waals surface area contributed by atoms with E-state index >= 15 is 0 Å². The Morgan fingerprint density at radius 3 is 2.42 bits per heavy atom. The van der Waals surface area contributed by atoms with Crippen molar-refractivity contribution in [3.8, 4) is 22.5 Å². The quantitative estimate of drug-likeness (QED) is 0.259. The van der Waals surface area contributed by atoms with Gasteiger partial charge in [0.1, 0.15) is 11.6 Å². The Morgan fingerprint density at radius 2 is 1.76 bits per heavy atom. The number of aromatic amines is 1. The number of fused-ring (bicyclic) bond motifs is 1. The van der Waals surface area contributed by atoms with E-state index < -0.39 is 0 Å². The van der Waals surface area contributed by atoms with Gasteiger partial charge in [-0.25, -0.2) is 9.97 Å². The van der Waals surface area contributed by atoms with E-state index in [0.717, 1.165) is 51.4 Å². The van der Waals surface area contributed by atoms with Crippen LogP contribution in [-0.2, 0) is 13.0 Å². The fraction of sp³-hybridized carbons (Fsp3) is 0.120. The summed E-state index contributed by atoms with van der Waals surface area (Å²) in [5, 5.41) is 9.94. The van der Waals surface area contributed by atoms with Gasteiger partial charge in [-0.1, -0.05) is 61.5 Å². The van der Waals surface area contributed by atoms with Gasteiger partial charge < -0.3 is 9.67 Å². The van der Waals surface area contributed by atoms with Crippen LogP contribution >= 0.6 is 36.0 Å². The molecule has 5 rings (SSSR count). The summed E-state index contributed by atoms with van der Waals surface area (Å²) in [6.07, 6.45) is 0.784. The van der Waals surface area contributed by atoms with Crippen molar-refractivity contribution in [2.45, 2.75) is 19.9 Å². The van der Waals surface area contributed by atoms with E-state index in [2.05, 4.69) is 51.2 Å².